The van der Waals surface area contributed by atoms with Gasteiger partial charge in [-0.05, 0) is 43.3 Å². The van der Waals surface area contributed by atoms with Gasteiger partial charge in [0.25, 0.3) is 5.91 Å². The number of anilines is 1. The molecule has 134 valence electrons. The van der Waals surface area contributed by atoms with Gasteiger partial charge in [-0.3, -0.25) is 4.79 Å². The van der Waals surface area contributed by atoms with Crippen LogP contribution in [0.15, 0.2) is 58.2 Å². The van der Waals surface area contributed by atoms with E-state index in [0.29, 0.717) is 11.4 Å². The van der Waals surface area contributed by atoms with E-state index in [-0.39, 0.29) is 16.2 Å². The molecule has 0 fully saturated rings. The highest BCUT2D eigenvalue weighted by molar-refractivity contribution is 9.10. The third-order valence-electron chi connectivity index (χ3n) is 3.90. The molecule has 1 atom stereocenters. The topological polar surface area (TPSA) is 70.2 Å². The minimum absolute atomic E-state index is 0.0457. The van der Waals surface area contributed by atoms with Crippen molar-refractivity contribution in [2.45, 2.75) is 13.0 Å². The number of halogens is 3. The summed E-state index contributed by atoms with van der Waals surface area (Å²) in [4.78, 5) is 24.7. The Morgan fingerprint density at radius 3 is 2.58 bits per heavy atom. The van der Waals surface area contributed by atoms with E-state index in [2.05, 4.69) is 31.9 Å². The van der Waals surface area contributed by atoms with Crippen molar-refractivity contribution in [3.8, 4) is 0 Å². The van der Waals surface area contributed by atoms with Crippen molar-refractivity contribution < 1.29 is 14.0 Å². The highest BCUT2D eigenvalue weighted by Gasteiger charge is 2.34. The van der Waals surface area contributed by atoms with E-state index in [9.17, 15) is 14.0 Å². The van der Waals surface area contributed by atoms with E-state index in [1.807, 2.05) is 0 Å². The van der Waals surface area contributed by atoms with Crippen molar-refractivity contribution in [3.05, 3.63) is 74.6 Å². The summed E-state index contributed by atoms with van der Waals surface area (Å²) >= 11 is 9.46. The number of urea groups is 1. The largest absolute Gasteiger partial charge is 0.327 e. The van der Waals surface area contributed by atoms with E-state index in [4.69, 9.17) is 11.6 Å². The first-order valence-electron chi connectivity index (χ1n) is 7.66. The molecule has 0 aromatic heterocycles. The first-order valence-corrected chi connectivity index (χ1v) is 8.83. The van der Waals surface area contributed by atoms with Gasteiger partial charge in [-0.2, -0.15) is 0 Å². The van der Waals surface area contributed by atoms with Gasteiger partial charge in [0.1, 0.15) is 5.82 Å². The number of allylic oxidation sites excluding steroid dienone is 1. The number of rotatable bonds is 3. The molecule has 1 aliphatic rings. The van der Waals surface area contributed by atoms with Gasteiger partial charge in [0.15, 0.2) is 0 Å². The molecule has 0 aliphatic carbocycles. The van der Waals surface area contributed by atoms with Crippen molar-refractivity contribution in [2.24, 2.45) is 0 Å². The number of carbonyl (C=O) groups is 2. The van der Waals surface area contributed by atoms with Gasteiger partial charge < -0.3 is 16.0 Å². The molecule has 1 heterocycles. The quantitative estimate of drug-likeness (QED) is 0.660. The smallest absolute Gasteiger partial charge is 0.319 e. The number of hydrogen-bond acceptors (Lipinski definition) is 2. The highest BCUT2D eigenvalue weighted by Crippen LogP contribution is 2.34. The molecule has 0 bridgehead atoms. The van der Waals surface area contributed by atoms with E-state index in [1.165, 1.54) is 18.2 Å². The lowest BCUT2D eigenvalue weighted by Gasteiger charge is -2.29. The van der Waals surface area contributed by atoms with Crippen molar-refractivity contribution in [1.29, 1.82) is 0 Å². The summed E-state index contributed by atoms with van der Waals surface area (Å²) in [5.74, 6) is -1.08. The Morgan fingerprint density at radius 1 is 1.23 bits per heavy atom. The Bertz CT molecular complexity index is 895. The maximum atomic E-state index is 14.4. The summed E-state index contributed by atoms with van der Waals surface area (Å²) < 4.78 is 15.3. The molecule has 3 N–H and O–H groups in total. The fourth-order valence-corrected chi connectivity index (χ4v) is 3.27. The summed E-state index contributed by atoms with van der Waals surface area (Å²) in [6.45, 7) is 1.58. The molecule has 0 saturated carbocycles. The summed E-state index contributed by atoms with van der Waals surface area (Å²) in [5, 5.41) is 7.98. The molecule has 3 rings (SSSR count). The van der Waals surface area contributed by atoms with Crippen molar-refractivity contribution in [3.63, 3.8) is 0 Å². The highest BCUT2D eigenvalue weighted by atomic mass is 79.9. The second-order valence-electron chi connectivity index (χ2n) is 5.67. The van der Waals surface area contributed by atoms with E-state index < -0.39 is 23.8 Å². The van der Waals surface area contributed by atoms with Crippen LogP contribution in [0.3, 0.4) is 0 Å². The molecule has 8 heteroatoms. The van der Waals surface area contributed by atoms with Crippen LogP contribution in [0.5, 0.6) is 0 Å². The van der Waals surface area contributed by atoms with Gasteiger partial charge >= 0.3 is 6.03 Å². The molecular formula is C18H14BrClFN3O2. The van der Waals surface area contributed by atoms with Gasteiger partial charge in [-0.25, -0.2) is 9.18 Å². The van der Waals surface area contributed by atoms with Crippen molar-refractivity contribution in [2.75, 3.05) is 5.32 Å². The zero-order chi connectivity index (χ0) is 18.8. The summed E-state index contributed by atoms with van der Waals surface area (Å²) in [5.41, 5.74) is 1.12. The molecule has 1 aliphatic heterocycles. The Balaban J connectivity index is 2.00. The molecule has 26 heavy (non-hydrogen) atoms. The van der Waals surface area contributed by atoms with Crippen LogP contribution in [0.25, 0.3) is 0 Å². The van der Waals surface area contributed by atoms with Gasteiger partial charge in [0.05, 0.1) is 11.6 Å². The second kappa shape index (κ2) is 7.47. The predicted molar refractivity (Wildman–Crippen MR) is 101 cm³/mol. The van der Waals surface area contributed by atoms with Crippen LogP contribution in [-0.2, 0) is 4.79 Å². The van der Waals surface area contributed by atoms with E-state index in [0.717, 1.165) is 4.47 Å². The fraction of sp³-hybridized carbons (Fsp3) is 0.111. The van der Waals surface area contributed by atoms with Crippen molar-refractivity contribution in [1.82, 2.24) is 10.6 Å². The van der Waals surface area contributed by atoms with Gasteiger partial charge in [0.2, 0.25) is 0 Å². The van der Waals surface area contributed by atoms with Crippen LogP contribution in [0.2, 0.25) is 5.02 Å². The summed E-state index contributed by atoms with van der Waals surface area (Å²) in [7, 11) is 0. The molecule has 0 radical (unpaired) electrons. The monoisotopic (exact) mass is 437 g/mol. The lowest BCUT2D eigenvalue weighted by molar-refractivity contribution is -0.113. The molecular weight excluding hydrogens is 425 g/mol. The lowest BCUT2D eigenvalue weighted by Crippen LogP contribution is -2.46. The zero-order valence-corrected chi connectivity index (χ0v) is 15.9. The molecule has 2 aromatic carbocycles. The predicted octanol–water partition coefficient (Wildman–Crippen LogP) is 4.51. The SMILES string of the molecule is CC1=C(C(=O)Nc2ccc(Br)cc2)[C@H](c2c(F)cccc2Cl)NC(=O)N1. The fourth-order valence-electron chi connectivity index (χ4n) is 2.73. The Hall–Kier alpha value is -2.38. The maximum Gasteiger partial charge on any atom is 0.319 e. The van der Waals surface area contributed by atoms with Crippen LogP contribution in [0.1, 0.15) is 18.5 Å². The lowest BCUT2D eigenvalue weighted by atomic mass is 9.94. The van der Waals surface area contributed by atoms with Gasteiger partial charge in [-0.15, -0.1) is 0 Å². The number of benzene rings is 2. The Morgan fingerprint density at radius 2 is 1.92 bits per heavy atom. The molecule has 0 saturated heterocycles. The van der Waals surface area contributed by atoms with Crippen LogP contribution in [0.4, 0.5) is 14.9 Å². The summed E-state index contributed by atoms with van der Waals surface area (Å²) in [6.07, 6.45) is 0. The van der Waals surface area contributed by atoms with Crippen LogP contribution in [-0.4, -0.2) is 11.9 Å². The Kier molecular flexibility index (Phi) is 5.29. The first-order chi connectivity index (χ1) is 12.4. The molecule has 3 amide bonds. The minimum Gasteiger partial charge on any atom is -0.327 e. The minimum atomic E-state index is -1.01. The van der Waals surface area contributed by atoms with Gasteiger partial charge in [0, 0.05) is 26.4 Å². The zero-order valence-electron chi connectivity index (χ0n) is 13.6. The molecule has 0 unspecified atom stereocenters. The number of nitrogens with one attached hydrogen (secondary N) is 3. The number of amides is 3. The van der Waals surface area contributed by atoms with Crippen LogP contribution >= 0.6 is 27.5 Å². The van der Waals surface area contributed by atoms with Crippen molar-refractivity contribution >= 4 is 45.2 Å². The number of hydrogen-bond donors (Lipinski definition) is 3. The van der Waals surface area contributed by atoms with E-state index >= 15 is 0 Å². The normalized spacial score (nSPS) is 16.8. The molecule has 2 aromatic rings. The first kappa shape index (κ1) is 18.4. The van der Waals surface area contributed by atoms with Gasteiger partial charge in [-0.1, -0.05) is 33.6 Å². The molecule has 5 nitrogen and oxygen atoms in total. The number of carbonyl (C=O) groups excluding carboxylic acids is 2. The summed E-state index contributed by atoms with van der Waals surface area (Å²) in [6, 6.07) is 9.66. The second-order valence-corrected chi connectivity index (χ2v) is 6.99. The average Bonchev–Trinajstić information content (AvgIpc) is 2.56. The maximum absolute atomic E-state index is 14.4. The van der Waals surface area contributed by atoms with Crippen LogP contribution in [0, 0.1) is 5.82 Å². The third-order valence-corrected chi connectivity index (χ3v) is 4.76. The van der Waals surface area contributed by atoms with Crippen LogP contribution < -0.4 is 16.0 Å². The third kappa shape index (κ3) is 3.73. The van der Waals surface area contributed by atoms with E-state index in [1.54, 1.807) is 31.2 Å². The molecule has 0 spiro atoms. The Labute approximate surface area is 162 Å². The average molecular weight is 439 g/mol. The standard InChI is InChI=1S/C18H14BrClFN3O2/c1-9-14(17(25)23-11-7-5-10(19)6-8-11)16(24-18(26)22-9)15-12(20)3-2-4-13(15)21/h2-8,16H,1H3,(H,23,25)(H2,22,24,26)/t16-/m1/s1.